The molecule has 3 aromatic rings. The lowest BCUT2D eigenvalue weighted by atomic mass is 10.2. The second kappa shape index (κ2) is 10.7. The number of unbranched alkanes of at least 4 members (excludes halogenated alkanes) is 1. The van der Waals surface area contributed by atoms with Gasteiger partial charge in [0.15, 0.2) is 28.4 Å². The van der Waals surface area contributed by atoms with Crippen molar-refractivity contribution >= 4 is 32.8 Å². The number of rotatable bonds is 9. The van der Waals surface area contributed by atoms with E-state index in [2.05, 4.69) is 4.98 Å². The molecule has 1 saturated carbocycles. The first-order valence-corrected chi connectivity index (χ1v) is 14.1. The SMILES string of the molecule is CCCCN(C)S(=O)(=O)c1ccc2c(c1)nc(SCc1c(F)c(F)c(F)c(F)c1F)n2C1CCCC1. The van der Waals surface area contributed by atoms with Crippen LogP contribution in [0.4, 0.5) is 22.0 Å². The first-order valence-electron chi connectivity index (χ1n) is 11.7. The third-order valence-electron chi connectivity index (χ3n) is 6.50. The molecule has 2 aromatic carbocycles. The van der Waals surface area contributed by atoms with Crippen LogP contribution in [0.2, 0.25) is 0 Å². The Labute approximate surface area is 210 Å². The predicted molar refractivity (Wildman–Crippen MR) is 128 cm³/mol. The van der Waals surface area contributed by atoms with Crippen LogP contribution in [-0.2, 0) is 15.8 Å². The molecule has 1 aliphatic carbocycles. The van der Waals surface area contributed by atoms with Crippen molar-refractivity contribution in [3.63, 3.8) is 0 Å². The van der Waals surface area contributed by atoms with E-state index in [0.717, 1.165) is 43.9 Å². The Kier molecular flexibility index (Phi) is 7.96. The minimum Gasteiger partial charge on any atom is -0.316 e. The zero-order valence-electron chi connectivity index (χ0n) is 19.8. The number of halogens is 5. The largest absolute Gasteiger partial charge is 0.316 e. The molecule has 0 saturated heterocycles. The third-order valence-corrected chi connectivity index (χ3v) is 9.33. The first kappa shape index (κ1) is 26.9. The highest BCUT2D eigenvalue weighted by atomic mass is 32.2. The van der Waals surface area contributed by atoms with Gasteiger partial charge < -0.3 is 4.57 Å². The van der Waals surface area contributed by atoms with Crippen LogP contribution >= 0.6 is 11.8 Å². The van der Waals surface area contributed by atoms with Crippen molar-refractivity contribution in [1.82, 2.24) is 13.9 Å². The Hall–Kier alpha value is -2.18. The van der Waals surface area contributed by atoms with Crippen LogP contribution in [0.1, 0.15) is 57.1 Å². The highest BCUT2D eigenvalue weighted by Crippen LogP contribution is 2.39. The second-order valence-corrected chi connectivity index (χ2v) is 11.9. The summed E-state index contributed by atoms with van der Waals surface area (Å²) < 4.78 is 98.4. The van der Waals surface area contributed by atoms with Crippen molar-refractivity contribution < 1.29 is 30.4 Å². The maximum atomic E-state index is 14.2. The van der Waals surface area contributed by atoms with E-state index in [1.165, 1.54) is 23.5 Å². The molecular formula is C24H26F5N3O2S2. The number of hydrogen-bond donors (Lipinski definition) is 0. The molecule has 1 heterocycles. The molecule has 4 rings (SSSR count). The Bertz CT molecular complexity index is 1360. The van der Waals surface area contributed by atoms with Gasteiger partial charge in [-0.3, -0.25) is 0 Å². The summed E-state index contributed by atoms with van der Waals surface area (Å²) in [6, 6.07) is 4.65. The zero-order valence-corrected chi connectivity index (χ0v) is 21.5. The maximum absolute atomic E-state index is 14.2. The van der Waals surface area contributed by atoms with Gasteiger partial charge in [0.2, 0.25) is 15.8 Å². The summed E-state index contributed by atoms with van der Waals surface area (Å²) in [4.78, 5) is 4.60. The van der Waals surface area contributed by atoms with Gasteiger partial charge in [-0.25, -0.2) is 39.7 Å². The molecule has 0 aliphatic heterocycles. The van der Waals surface area contributed by atoms with Crippen molar-refractivity contribution in [2.45, 2.75) is 67.3 Å². The normalized spacial score (nSPS) is 15.0. The van der Waals surface area contributed by atoms with Gasteiger partial charge in [-0.1, -0.05) is 37.9 Å². The van der Waals surface area contributed by atoms with E-state index >= 15 is 0 Å². The average molecular weight is 548 g/mol. The number of benzene rings is 2. The van der Waals surface area contributed by atoms with Crippen LogP contribution in [0.15, 0.2) is 28.3 Å². The predicted octanol–water partition coefficient (Wildman–Crippen LogP) is 6.56. The van der Waals surface area contributed by atoms with Crippen LogP contribution in [-0.4, -0.2) is 35.9 Å². The molecule has 1 fully saturated rings. The fourth-order valence-corrected chi connectivity index (χ4v) is 6.73. The van der Waals surface area contributed by atoms with Crippen molar-refractivity contribution in [3.05, 3.63) is 52.8 Å². The van der Waals surface area contributed by atoms with E-state index in [0.29, 0.717) is 29.2 Å². The fourth-order valence-electron chi connectivity index (χ4n) is 4.43. The lowest BCUT2D eigenvalue weighted by molar-refractivity contribution is 0.372. The number of hydrogen-bond acceptors (Lipinski definition) is 4. The molecule has 0 bridgehead atoms. The lowest BCUT2D eigenvalue weighted by Crippen LogP contribution is -2.27. The maximum Gasteiger partial charge on any atom is 0.242 e. The van der Waals surface area contributed by atoms with Gasteiger partial charge in [0.25, 0.3) is 0 Å². The molecule has 196 valence electrons. The van der Waals surface area contributed by atoms with E-state index in [9.17, 15) is 30.4 Å². The molecule has 5 nitrogen and oxygen atoms in total. The molecular weight excluding hydrogens is 521 g/mol. The number of sulfonamides is 1. The molecule has 0 radical (unpaired) electrons. The first-order chi connectivity index (χ1) is 17.1. The summed E-state index contributed by atoms with van der Waals surface area (Å²) >= 11 is 0.851. The quantitative estimate of drug-likeness (QED) is 0.132. The topological polar surface area (TPSA) is 55.2 Å². The molecule has 12 heteroatoms. The van der Waals surface area contributed by atoms with Crippen LogP contribution in [0.3, 0.4) is 0 Å². The summed E-state index contributed by atoms with van der Waals surface area (Å²) in [5.74, 6) is -10.5. The van der Waals surface area contributed by atoms with Gasteiger partial charge in [-0.15, -0.1) is 0 Å². The third kappa shape index (κ3) is 4.87. The summed E-state index contributed by atoms with van der Waals surface area (Å²) in [6.45, 7) is 2.34. The Morgan fingerprint density at radius 3 is 2.25 bits per heavy atom. The van der Waals surface area contributed by atoms with Gasteiger partial charge in [0.05, 0.1) is 15.9 Å². The number of imidazole rings is 1. The minimum absolute atomic E-state index is 0.0311. The number of fused-ring (bicyclic) bond motifs is 1. The average Bonchev–Trinajstić information content (AvgIpc) is 3.51. The molecule has 0 amide bonds. The van der Waals surface area contributed by atoms with Crippen molar-refractivity contribution in [2.24, 2.45) is 0 Å². The van der Waals surface area contributed by atoms with E-state index in [1.54, 1.807) is 6.07 Å². The molecule has 36 heavy (non-hydrogen) atoms. The van der Waals surface area contributed by atoms with Crippen molar-refractivity contribution in [3.8, 4) is 0 Å². The Morgan fingerprint density at radius 2 is 1.64 bits per heavy atom. The van der Waals surface area contributed by atoms with Gasteiger partial charge >= 0.3 is 0 Å². The molecule has 0 N–H and O–H groups in total. The number of aromatic nitrogens is 2. The van der Waals surface area contributed by atoms with E-state index in [-0.39, 0.29) is 10.9 Å². The lowest BCUT2D eigenvalue weighted by Gasteiger charge is -2.18. The summed E-state index contributed by atoms with van der Waals surface area (Å²) in [7, 11) is -2.23. The Balaban J connectivity index is 1.73. The van der Waals surface area contributed by atoms with Gasteiger partial charge in [-0.05, 0) is 37.5 Å². The molecule has 1 aromatic heterocycles. The number of nitrogens with zero attached hydrogens (tertiary/aromatic N) is 3. The van der Waals surface area contributed by atoms with Crippen molar-refractivity contribution in [2.75, 3.05) is 13.6 Å². The smallest absolute Gasteiger partial charge is 0.242 e. The molecule has 0 spiro atoms. The second-order valence-electron chi connectivity index (χ2n) is 8.87. The van der Waals surface area contributed by atoms with E-state index in [1.807, 2.05) is 11.5 Å². The summed E-state index contributed by atoms with van der Waals surface area (Å²) in [5, 5.41) is 0.328. The minimum atomic E-state index is -3.75. The van der Waals surface area contributed by atoms with Gasteiger partial charge in [0, 0.05) is 31.0 Å². The summed E-state index contributed by atoms with van der Waals surface area (Å²) in [6.07, 6.45) is 5.17. The highest BCUT2D eigenvalue weighted by Gasteiger charge is 2.28. The van der Waals surface area contributed by atoms with Gasteiger partial charge in [0.1, 0.15) is 0 Å². The molecule has 1 aliphatic rings. The standard InChI is InChI=1S/C24H26F5N3O2S2/c1-3-4-11-31(2)36(33,34)15-9-10-18-17(12-15)30-24(32(18)14-7-5-6-8-14)35-13-16-19(25)21(27)23(29)22(28)20(16)26/h9-10,12,14H,3-8,11,13H2,1-2H3. The van der Waals surface area contributed by atoms with Crippen molar-refractivity contribution in [1.29, 1.82) is 0 Å². The van der Waals surface area contributed by atoms with Gasteiger partial charge in [-0.2, -0.15) is 0 Å². The molecule has 0 atom stereocenters. The van der Waals surface area contributed by atoms with Crippen LogP contribution < -0.4 is 0 Å². The Morgan fingerprint density at radius 1 is 1.03 bits per heavy atom. The van der Waals surface area contributed by atoms with Crippen LogP contribution in [0.5, 0.6) is 0 Å². The highest BCUT2D eigenvalue weighted by molar-refractivity contribution is 7.98. The van der Waals surface area contributed by atoms with Crippen LogP contribution in [0, 0.1) is 29.1 Å². The zero-order chi connectivity index (χ0) is 26.2. The van der Waals surface area contributed by atoms with E-state index in [4.69, 9.17) is 0 Å². The van der Waals surface area contributed by atoms with E-state index < -0.39 is 50.4 Å². The number of thioether (sulfide) groups is 1. The van der Waals surface area contributed by atoms with Crippen LogP contribution in [0.25, 0.3) is 11.0 Å². The molecule has 0 unspecified atom stereocenters. The summed E-state index contributed by atoms with van der Waals surface area (Å²) in [5.41, 5.74) is 0.103. The fraction of sp³-hybridized carbons (Fsp3) is 0.458. The monoisotopic (exact) mass is 547 g/mol.